The Labute approximate surface area is 130 Å². The third-order valence-electron chi connectivity index (χ3n) is 3.50. The first kappa shape index (κ1) is 16.2. The number of hydrogen-bond acceptors (Lipinski definition) is 5. The lowest BCUT2D eigenvalue weighted by Gasteiger charge is -2.18. The second-order valence-electron chi connectivity index (χ2n) is 5.17. The van der Waals surface area contributed by atoms with Crippen molar-refractivity contribution >= 4 is 32.8 Å². The smallest absolute Gasteiger partial charge is 0.151 e. The van der Waals surface area contributed by atoms with Gasteiger partial charge >= 0.3 is 0 Å². The van der Waals surface area contributed by atoms with Crippen LogP contribution in [0, 0.1) is 0 Å². The van der Waals surface area contributed by atoms with Crippen LogP contribution in [0.3, 0.4) is 0 Å². The van der Waals surface area contributed by atoms with Crippen molar-refractivity contribution in [2.24, 2.45) is 0 Å². The number of thiazole rings is 1. The number of aryl methyl sites for hydroxylation is 1. The Bertz CT molecular complexity index is 516. The molecule has 1 saturated heterocycles. The third kappa shape index (κ3) is 5.31. The van der Waals surface area contributed by atoms with Crippen LogP contribution in [-0.4, -0.2) is 49.4 Å². The van der Waals surface area contributed by atoms with Crippen molar-refractivity contribution in [2.45, 2.75) is 31.6 Å². The van der Waals surface area contributed by atoms with Crippen LogP contribution in [0.5, 0.6) is 0 Å². The van der Waals surface area contributed by atoms with Gasteiger partial charge in [0.1, 0.15) is 0 Å². The minimum Gasteiger partial charge on any atom is -0.302 e. The zero-order valence-electron chi connectivity index (χ0n) is 11.6. The molecule has 1 aromatic heterocycles. The van der Waals surface area contributed by atoms with E-state index >= 15 is 0 Å². The fraction of sp³-hybridized carbons (Fsp3) is 0.769. The van der Waals surface area contributed by atoms with Crippen LogP contribution in [-0.2, 0) is 22.1 Å². The number of unbranched alkanes of at least 4 members (excludes halogenated alkanes) is 1. The van der Waals surface area contributed by atoms with Crippen molar-refractivity contribution in [3.05, 3.63) is 16.1 Å². The molecule has 0 aliphatic carbocycles. The molecule has 1 aliphatic rings. The van der Waals surface area contributed by atoms with Gasteiger partial charge in [0.05, 0.1) is 28.1 Å². The monoisotopic (exact) mass is 336 g/mol. The van der Waals surface area contributed by atoms with Gasteiger partial charge in [-0.05, 0) is 38.8 Å². The maximum absolute atomic E-state index is 11.5. The molecule has 0 radical (unpaired) electrons. The number of rotatable bonds is 6. The first-order valence-corrected chi connectivity index (χ1v) is 10.2. The van der Waals surface area contributed by atoms with Gasteiger partial charge in [-0.15, -0.1) is 22.9 Å². The number of halogens is 1. The average molecular weight is 337 g/mol. The summed E-state index contributed by atoms with van der Waals surface area (Å²) < 4.78 is 23.0. The van der Waals surface area contributed by atoms with Crippen molar-refractivity contribution in [1.82, 2.24) is 9.88 Å². The zero-order valence-corrected chi connectivity index (χ0v) is 13.9. The highest BCUT2D eigenvalue weighted by Crippen LogP contribution is 2.14. The van der Waals surface area contributed by atoms with E-state index in [0.717, 1.165) is 49.5 Å². The molecule has 114 valence electrons. The third-order valence-corrected chi connectivity index (χ3v) is 6.45. The quantitative estimate of drug-likeness (QED) is 0.591. The van der Waals surface area contributed by atoms with Crippen molar-refractivity contribution in [3.63, 3.8) is 0 Å². The Morgan fingerprint density at radius 1 is 1.30 bits per heavy atom. The van der Waals surface area contributed by atoms with Crippen LogP contribution in [0.25, 0.3) is 0 Å². The number of nitrogens with zero attached hydrogens (tertiary/aromatic N) is 2. The Morgan fingerprint density at radius 3 is 2.90 bits per heavy atom. The van der Waals surface area contributed by atoms with E-state index in [0.29, 0.717) is 23.9 Å². The van der Waals surface area contributed by atoms with Crippen molar-refractivity contribution in [2.75, 3.05) is 31.1 Å². The highest BCUT2D eigenvalue weighted by Gasteiger charge is 2.18. The van der Waals surface area contributed by atoms with E-state index in [9.17, 15) is 8.42 Å². The molecule has 2 heterocycles. The summed E-state index contributed by atoms with van der Waals surface area (Å²) in [7, 11) is -2.79. The Hall–Kier alpha value is -0.170. The van der Waals surface area contributed by atoms with Crippen molar-refractivity contribution in [3.8, 4) is 0 Å². The molecule has 1 aromatic rings. The maximum Gasteiger partial charge on any atom is 0.151 e. The summed E-state index contributed by atoms with van der Waals surface area (Å²) in [5, 5.41) is 3.17. The molecular formula is C13H21ClN2O2S2. The summed E-state index contributed by atoms with van der Waals surface area (Å²) in [5.74, 6) is 1.15. The first-order valence-electron chi connectivity index (χ1n) is 7.01. The van der Waals surface area contributed by atoms with Gasteiger partial charge in [-0.1, -0.05) is 0 Å². The lowest BCUT2D eigenvalue weighted by molar-refractivity contribution is 0.289. The summed E-state index contributed by atoms with van der Waals surface area (Å²) in [6, 6.07) is 0. The molecule has 0 saturated carbocycles. The largest absolute Gasteiger partial charge is 0.302 e. The fourth-order valence-corrected chi connectivity index (χ4v) is 4.73. The SMILES string of the molecule is O=S1(=O)CCCN(CCCCc2nc(CCl)cs2)CC1. The molecule has 1 aliphatic heterocycles. The standard InChI is InChI=1S/C13H21ClN2O2S2/c14-10-12-11-19-13(15-12)4-1-2-5-16-6-3-8-20(17,18)9-7-16/h11H,1-10H2. The van der Waals surface area contributed by atoms with E-state index in [1.165, 1.54) is 0 Å². The highest BCUT2D eigenvalue weighted by atomic mass is 35.5. The average Bonchev–Trinajstić information content (AvgIpc) is 2.80. The lowest BCUT2D eigenvalue weighted by atomic mass is 10.2. The molecule has 1 fully saturated rings. The first-order chi connectivity index (χ1) is 9.59. The molecule has 0 atom stereocenters. The van der Waals surface area contributed by atoms with Crippen LogP contribution in [0.15, 0.2) is 5.38 Å². The molecule has 0 unspecified atom stereocenters. The van der Waals surface area contributed by atoms with Crippen molar-refractivity contribution < 1.29 is 8.42 Å². The van der Waals surface area contributed by atoms with Gasteiger partial charge < -0.3 is 4.90 Å². The summed E-state index contributed by atoms with van der Waals surface area (Å²) in [6.07, 6.45) is 3.95. The molecule has 0 aromatic carbocycles. The van der Waals surface area contributed by atoms with Gasteiger partial charge in [0.15, 0.2) is 9.84 Å². The van der Waals surface area contributed by atoms with E-state index in [-0.39, 0.29) is 0 Å². The summed E-state index contributed by atoms with van der Waals surface area (Å²) in [5.41, 5.74) is 0.962. The van der Waals surface area contributed by atoms with Gasteiger partial charge in [0, 0.05) is 11.9 Å². The number of sulfone groups is 1. The van der Waals surface area contributed by atoms with E-state index < -0.39 is 9.84 Å². The summed E-state index contributed by atoms with van der Waals surface area (Å²) in [6.45, 7) is 2.59. The lowest BCUT2D eigenvalue weighted by Crippen LogP contribution is -2.28. The Morgan fingerprint density at radius 2 is 2.15 bits per heavy atom. The second kappa shape index (κ2) is 7.73. The predicted molar refractivity (Wildman–Crippen MR) is 84.3 cm³/mol. The van der Waals surface area contributed by atoms with E-state index in [1.807, 2.05) is 5.38 Å². The molecule has 7 heteroatoms. The molecule has 2 rings (SSSR count). The zero-order chi connectivity index (χ0) is 14.4. The van der Waals surface area contributed by atoms with Crippen LogP contribution in [0.4, 0.5) is 0 Å². The molecule has 0 N–H and O–H groups in total. The van der Waals surface area contributed by atoms with E-state index in [4.69, 9.17) is 11.6 Å². The van der Waals surface area contributed by atoms with Gasteiger partial charge in [0.2, 0.25) is 0 Å². The second-order valence-corrected chi connectivity index (χ2v) is 8.68. The van der Waals surface area contributed by atoms with Crippen LogP contribution in [0.2, 0.25) is 0 Å². The minimum absolute atomic E-state index is 0.318. The van der Waals surface area contributed by atoms with E-state index in [2.05, 4.69) is 9.88 Å². The molecule has 4 nitrogen and oxygen atoms in total. The molecular weight excluding hydrogens is 316 g/mol. The van der Waals surface area contributed by atoms with Gasteiger partial charge in [-0.25, -0.2) is 13.4 Å². The predicted octanol–water partition coefficient (Wildman–Crippen LogP) is 2.33. The van der Waals surface area contributed by atoms with Crippen LogP contribution < -0.4 is 0 Å². The van der Waals surface area contributed by atoms with Crippen LogP contribution in [0.1, 0.15) is 30.0 Å². The number of hydrogen-bond donors (Lipinski definition) is 0. The van der Waals surface area contributed by atoms with Crippen LogP contribution >= 0.6 is 22.9 Å². The number of alkyl halides is 1. The summed E-state index contributed by atoms with van der Waals surface area (Å²) >= 11 is 7.40. The topological polar surface area (TPSA) is 50.3 Å². The molecule has 0 amide bonds. The fourth-order valence-electron chi connectivity index (χ4n) is 2.35. The van der Waals surface area contributed by atoms with E-state index in [1.54, 1.807) is 11.3 Å². The van der Waals surface area contributed by atoms with Gasteiger partial charge in [-0.2, -0.15) is 0 Å². The molecule has 0 spiro atoms. The Balaban J connectivity index is 1.65. The Kier molecular flexibility index (Phi) is 6.26. The molecule has 20 heavy (non-hydrogen) atoms. The highest BCUT2D eigenvalue weighted by molar-refractivity contribution is 7.91. The minimum atomic E-state index is -2.79. The molecule has 0 bridgehead atoms. The maximum atomic E-state index is 11.5. The summed E-state index contributed by atoms with van der Waals surface area (Å²) in [4.78, 5) is 6.72. The van der Waals surface area contributed by atoms with Gasteiger partial charge in [-0.3, -0.25) is 0 Å². The van der Waals surface area contributed by atoms with Crippen molar-refractivity contribution in [1.29, 1.82) is 0 Å². The number of aromatic nitrogens is 1. The van der Waals surface area contributed by atoms with Gasteiger partial charge in [0.25, 0.3) is 0 Å². The normalized spacial score (nSPS) is 19.9.